The van der Waals surface area contributed by atoms with E-state index in [1.165, 1.54) is 5.56 Å². The molecule has 0 bridgehead atoms. The molecule has 1 atom stereocenters. The van der Waals surface area contributed by atoms with Crippen LogP contribution in [0.15, 0.2) is 28.9 Å². The zero-order valence-corrected chi connectivity index (χ0v) is 17.6. The SMILES string of the molecule is CCc1cccc(C)c1NC(=O)[C@@H]1CCCN(c2ncnc3oc(C)c(C)c23)C1. The number of anilines is 2. The minimum absolute atomic E-state index is 0.0774. The van der Waals surface area contributed by atoms with Gasteiger partial charge >= 0.3 is 0 Å². The van der Waals surface area contributed by atoms with Crippen LogP contribution >= 0.6 is 0 Å². The largest absolute Gasteiger partial charge is 0.443 e. The summed E-state index contributed by atoms with van der Waals surface area (Å²) in [6.07, 6.45) is 4.28. The molecule has 2 aromatic heterocycles. The summed E-state index contributed by atoms with van der Waals surface area (Å²) in [5.41, 5.74) is 4.92. The van der Waals surface area contributed by atoms with Crippen molar-refractivity contribution in [3.8, 4) is 0 Å². The Labute approximate surface area is 171 Å². The monoisotopic (exact) mass is 392 g/mol. The van der Waals surface area contributed by atoms with Crippen molar-refractivity contribution in [3.05, 3.63) is 47.0 Å². The molecule has 0 radical (unpaired) electrons. The van der Waals surface area contributed by atoms with Gasteiger partial charge in [0.05, 0.1) is 11.3 Å². The highest BCUT2D eigenvalue weighted by Gasteiger charge is 2.29. The van der Waals surface area contributed by atoms with Crippen LogP contribution in [0.25, 0.3) is 11.1 Å². The Hall–Kier alpha value is -2.89. The molecule has 0 aliphatic carbocycles. The molecule has 4 rings (SSSR count). The van der Waals surface area contributed by atoms with E-state index >= 15 is 0 Å². The van der Waals surface area contributed by atoms with Gasteiger partial charge in [-0.15, -0.1) is 0 Å². The number of furan rings is 1. The van der Waals surface area contributed by atoms with E-state index in [1.54, 1.807) is 6.33 Å². The summed E-state index contributed by atoms with van der Waals surface area (Å²) in [6, 6.07) is 6.17. The number of aryl methyl sites for hydroxylation is 4. The maximum absolute atomic E-state index is 13.1. The highest BCUT2D eigenvalue weighted by atomic mass is 16.3. The first-order valence-corrected chi connectivity index (χ1v) is 10.3. The molecule has 1 amide bonds. The van der Waals surface area contributed by atoms with Crippen LogP contribution in [0.5, 0.6) is 0 Å². The van der Waals surface area contributed by atoms with Crippen LogP contribution in [0.1, 0.15) is 42.2 Å². The fourth-order valence-electron chi connectivity index (χ4n) is 4.21. The fraction of sp³-hybridized carbons (Fsp3) is 0.435. The van der Waals surface area contributed by atoms with Crippen LogP contribution in [-0.2, 0) is 11.2 Å². The Morgan fingerprint density at radius 2 is 2.10 bits per heavy atom. The second-order valence-corrected chi connectivity index (χ2v) is 7.90. The number of carbonyl (C=O) groups excluding carboxylic acids is 1. The number of fused-ring (bicyclic) bond motifs is 1. The average molecular weight is 393 g/mol. The number of amides is 1. The smallest absolute Gasteiger partial charge is 0.231 e. The summed E-state index contributed by atoms with van der Waals surface area (Å²) in [7, 11) is 0. The second-order valence-electron chi connectivity index (χ2n) is 7.90. The molecular formula is C23H28N4O2. The standard InChI is InChI=1S/C23H28N4O2/c1-5-17-9-6-8-14(2)20(17)26-22(28)18-10-7-11-27(12-18)21-19-15(3)16(4)29-23(19)25-13-24-21/h6,8-9,13,18H,5,7,10-12H2,1-4H3,(H,26,28)/t18-/m1/s1. The minimum Gasteiger partial charge on any atom is -0.443 e. The Balaban J connectivity index is 1.57. The molecule has 0 unspecified atom stereocenters. The van der Waals surface area contributed by atoms with Crippen molar-refractivity contribution in [3.63, 3.8) is 0 Å². The van der Waals surface area contributed by atoms with Crippen LogP contribution in [0.2, 0.25) is 0 Å². The lowest BCUT2D eigenvalue weighted by atomic mass is 9.96. The van der Waals surface area contributed by atoms with Gasteiger partial charge in [0.15, 0.2) is 0 Å². The number of rotatable bonds is 4. The zero-order valence-electron chi connectivity index (χ0n) is 17.6. The lowest BCUT2D eigenvalue weighted by molar-refractivity contribution is -0.120. The molecule has 1 aliphatic heterocycles. The van der Waals surface area contributed by atoms with Gasteiger partial charge in [0.2, 0.25) is 11.6 Å². The van der Waals surface area contributed by atoms with Gasteiger partial charge in [-0.1, -0.05) is 25.1 Å². The third kappa shape index (κ3) is 3.59. The Kier molecular flexibility index (Phi) is 5.26. The normalized spacial score (nSPS) is 17.0. The number of hydrogen-bond donors (Lipinski definition) is 1. The molecule has 1 saturated heterocycles. The first kappa shape index (κ1) is 19.4. The molecule has 3 aromatic rings. The van der Waals surface area contributed by atoms with Crippen LogP contribution in [-0.4, -0.2) is 29.0 Å². The summed E-state index contributed by atoms with van der Waals surface area (Å²) >= 11 is 0. The minimum atomic E-state index is -0.0774. The van der Waals surface area contributed by atoms with Crippen molar-refractivity contribution in [2.75, 3.05) is 23.3 Å². The van der Waals surface area contributed by atoms with Crippen molar-refractivity contribution in [1.29, 1.82) is 0 Å². The number of para-hydroxylation sites is 1. The van der Waals surface area contributed by atoms with Gasteiger partial charge in [-0.25, -0.2) is 9.97 Å². The van der Waals surface area contributed by atoms with E-state index in [4.69, 9.17) is 4.42 Å². The molecule has 0 spiro atoms. The topological polar surface area (TPSA) is 71.3 Å². The van der Waals surface area contributed by atoms with Gasteiger partial charge in [0.1, 0.15) is 17.9 Å². The van der Waals surface area contributed by atoms with Crippen molar-refractivity contribution < 1.29 is 9.21 Å². The Morgan fingerprint density at radius 3 is 2.90 bits per heavy atom. The van der Waals surface area contributed by atoms with Crippen molar-refractivity contribution in [2.24, 2.45) is 5.92 Å². The van der Waals surface area contributed by atoms with E-state index in [2.05, 4.69) is 33.2 Å². The summed E-state index contributed by atoms with van der Waals surface area (Å²) in [4.78, 5) is 24.1. The van der Waals surface area contributed by atoms with Gasteiger partial charge in [0.25, 0.3) is 0 Å². The first-order valence-electron chi connectivity index (χ1n) is 10.3. The number of nitrogens with one attached hydrogen (secondary N) is 1. The third-order valence-corrected chi connectivity index (χ3v) is 6.03. The molecule has 152 valence electrons. The van der Waals surface area contributed by atoms with Crippen LogP contribution < -0.4 is 10.2 Å². The molecule has 6 nitrogen and oxygen atoms in total. The van der Waals surface area contributed by atoms with Gasteiger partial charge in [0, 0.05) is 24.3 Å². The lowest BCUT2D eigenvalue weighted by Crippen LogP contribution is -2.41. The summed E-state index contributed by atoms with van der Waals surface area (Å²) in [6.45, 7) is 9.67. The molecule has 1 N–H and O–H groups in total. The predicted molar refractivity (Wildman–Crippen MR) is 115 cm³/mol. The Morgan fingerprint density at radius 1 is 1.28 bits per heavy atom. The third-order valence-electron chi connectivity index (χ3n) is 6.03. The highest BCUT2D eigenvalue weighted by Crippen LogP contribution is 2.33. The van der Waals surface area contributed by atoms with Gasteiger partial charge < -0.3 is 14.6 Å². The molecule has 6 heteroatoms. The van der Waals surface area contributed by atoms with Crippen molar-refractivity contribution >= 4 is 28.5 Å². The summed E-state index contributed by atoms with van der Waals surface area (Å²) in [5.74, 6) is 1.74. The van der Waals surface area contributed by atoms with E-state index in [0.717, 1.165) is 59.6 Å². The molecule has 1 aromatic carbocycles. The van der Waals surface area contributed by atoms with Gasteiger partial charge in [-0.05, 0) is 51.2 Å². The number of aromatic nitrogens is 2. The number of carbonyl (C=O) groups is 1. The first-order chi connectivity index (χ1) is 14.0. The summed E-state index contributed by atoms with van der Waals surface area (Å²) in [5, 5.41) is 4.16. The molecule has 3 heterocycles. The lowest BCUT2D eigenvalue weighted by Gasteiger charge is -2.33. The number of nitrogens with zero attached hydrogens (tertiary/aromatic N) is 3. The van der Waals surface area contributed by atoms with E-state index in [0.29, 0.717) is 12.3 Å². The van der Waals surface area contributed by atoms with E-state index in [9.17, 15) is 4.79 Å². The molecule has 0 saturated carbocycles. The fourth-order valence-corrected chi connectivity index (χ4v) is 4.21. The van der Waals surface area contributed by atoms with Crippen molar-refractivity contribution in [2.45, 2.75) is 47.0 Å². The van der Waals surface area contributed by atoms with Crippen LogP contribution in [0, 0.1) is 26.7 Å². The maximum atomic E-state index is 13.1. The van der Waals surface area contributed by atoms with Gasteiger partial charge in [-0.2, -0.15) is 0 Å². The van der Waals surface area contributed by atoms with Crippen LogP contribution in [0.3, 0.4) is 0 Å². The average Bonchev–Trinajstić information content (AvgIpc) is 3.03. The number of hydrogen-bond acceptors (Lipinski definition) is 5. The second kappa shape index (κ2) is 7.85. The van der Waals surface area contributed by atoms with E-state index in [-0.39, 0.29) is 11.8 Å². The molecule has 29 heavy (non-hydrogen) atoms. The maximum Gasteiger partial charge on any atom is 0.231 e. The highest BCUT2D eigenvalue weighted by molar-refractivity contribution is 5.95. The predicted octanol–water partition coefficient (Wildman–Crippen LogP) is 4.57. The van der Waals surface area contributed by atoms with E-state index < -0.39 is 0 Å². The summed E-state index contributed by atoms with van der Waals surface area (Å²) < 4.78 is 5.77. The molecular weight excluding hydrogens is 364 g/mol. The Bertz CT molecular complexity index is 1060. The number of benzene rings is 1. The quantitative estimate of drug-likeness (QED) is 0.704. The van der Waals surface area contributed by atoms with Crippen molar-refractivity contribution in [1.82, 2.24) is 9.97 Å². The van der Waals surface area contributed by atoms with E-state index in [1.807, 2.05) is 32.9 Å². The molecule has 1 fully saturated rings. The van der Waals surface area contributed by atoms with Gasteiger partial charge in [-0.3, -0.25) is 4.79 Å². The molecule has 1 aliphatic rings. The number of piperidine rings is 1. The van der Waals surface area contributed by atoms with Crippen LogP contribution in [0.4, 0.5) is 11.5 Å². The zero-order chi connectivity index (χ0) is 20.5.